The lowest BCUT2D eigenvalue weighted by atomic mass is 10.1. The minimum absolute atomic E-state index is 0.167. The first-order chi connectivity index (χ1) is 19.7. The summed E-state index contributed by atoms with van der Waals surface area (Å²) in [5.74, 6) is 1.18. The van der Waals surface area contributed by atoms with Crippen LogP contribution in [0.2, 0.25) is 0 Å². The van der Waals surface area contributed by atoms with Crippen LogP contribution in [-0.2, 0) is 21.2 Å². The van der Waals surface area contributed by atoms with Gasteiger partial charge < -0.3 is 14.8 Å². The number of aromatic nitrogens is 3. The van der Waals surface area contributed by atoms with E-state index in [1.165, 1.54) is 4.31 Å². The monoisotopic (exact) mass is 577 g/mol. The Morgan fingerprint density at radius 3 is 2.39 bits per heavy atom. The number of rotatable bonds is 9. The van der Waals surface area contributed by atoms with Crippen molar-refractivity contribution in [1.29, 1.82) is 0 Å². The minimum Gasteiger partial charge on any atom is -0.497 e. The summed E-state index contributed by atoms with van der Waals surface area (Å²) in [7, 11) is -0.296. The van der Waals surface area contributed by atoms with Crippen LogP contribution in [0.5, 0.6) is 11.5 Å². The third-order valence-corrected chi connectivity index (χ3v) is 9.45. The summed E-state index contributed by atoms with van der Waals surface area (Å²) in [4.78, 5) is 17.8. The van der Waals surface area contributed by atoms with Gasteiger partial charge in [-0.15, -0.1) is 0 Å². The molecule has 216 valence electrons. The second kappa shape index (κ2) is 11.9. The number of anilines is 1. The van der Waals surface area contributed by atoms with Gasteiger partial charge in [0.2, 0.25) is 15.9 Å². The molecule has 0 radical (unpaired) electrons. The maximum atomic E-state index is 12.9. The highest BCUT2D eigenvalue weighted by molar-refractivity contribution is 7.89. The van der Waals surface area contributed by atoms with Crippen molar-refractivity contribution in [2.24, 2.45) is 0 Å². The van der Waals surface area contributed by atoms with Crippen LogP contribution in [0.15, 0.2) is 53.4 Å². The molecule has 0 bridgehead atoms. The molecule has 10 nitrogen and oxygen atoms in total. The van der Waals surface area contributed by atoms with Gasteiger partial charge in [0.05, 0.1) is 24.8 Å². The van der Waals surface area contributed by atoms with Crippen LogP contribution < -0.4 is 14.8 Å². The molecule has 41 heavy (non-hydrogen) atoms. The van der Waals surface area contributed by atoms with Gasteiger partial charge >= 0.3 is 0 Å². The number of fused-ring (bicyclic) bond motifs is 1. The zero-order valence-electron chi connectivity index (χ0n) is 23.8. The van der Waals surface area contributed by atoms with Gasteiger partial charge in [-0.1, -0.05) is 6.42 Å². The van der Waals surface area contributed by atoms with E-state index in [4.69, 9.17) is 19.6 Å². The fourth-order valence-electron chi connectivity index (χ4n) is 5.26. The van der Waals surface area contributed by atoms with Gasteiger partial charge in [-0.25, -0.2) is 17.9 Å². The molecule has 3 heterocycles. The van der Waals surface area contributed by atoms with Gasteiger partial charge in [0.15, 0.2) is 5.65 Å². The average molecular weight is 578 g/mol. The molecule has 1 aliphatic heterocycles. The Hall–Kier alpha value is -3.96. The summed E-state index contributed by atoms with van der Waals surface area (Å²) in [6, 6.07) is 13.9. The van der Waals surface area contributed by atoms with Crippen LogP contribution >= 0.6 is 0 Å². The molecule has 0 spiro atoms. The van der Waals surface area contributed by atoms with E-state index in [0.29, 0.717) is 42.3 Å². The number of amides is 1. The molecular weight excluding hydrogens is 542 g/mol. The molecule has 4 aromatic rings. The Balaban J connectivity index is 1.28. The van der Waals surface area contributed by atoms with E-state index in [9.17, 15) is 13.2 Å². The Morgan fingerprint density at radius 2 is 1.71 bits per heavy atom. The zero-order chi connectivity index (χ0) is 29.1. The predicted octanol–water partition coefficient (Wildman–Crippen LogP) is 4.78. The molecule has 0 aliphatic carbocycles. The Labute approximate surface area is 240 Å². The first-order valence-corrected chi connectivity index (χ1v) is 15.1. The minimum atomic E-state index is -3.51. The van der Waals surface area contributed by atoms with Gasteiger partial charge in [-0.2, -0.15) is 9.40 Å². The number of methoxy groups -OCH3 is 2. The number of nitrogens with zero attached hydrogens (tertiary/aromatic N) is 4. The van der Waals surface area contributed by atoms with Crippen LogP contribution in [0.25, 0.3) is 16.9 Å². The van der Waals surface area contributed by atoms with E-state index in [0.717, 1.165) is 47.5 Å². The molecule has 2 aromatic carbocycles. The summed E-state index contributed by atoms with van der Waals surface area (Å²) in [5, 5.41) is 7.66. The molecule has 1 N–H and O–H groups in total. The molecule has 0 atom stereocenters. The molecule has 1 fully saturated rings. The second-order valence-corrected chi connectivity index (χ2v) is 12.1. The normalized spacial score (nSPS) is 14.2. The number of ether oxygens (including phenoxy) is 2. The maximum absolute atomic E-state index is 12.9. The van der Waals surface area contributed by atoms with Gasteiger partial charge in [0, 0.05) is 54.3 Å². The van der Waals surface area contributed by atoms with Gasteiger partial charge in [-0.05, 0) is 75.1 Å². The number of carbonyl (C=O) groups excluding carboxylic acids is 1. The number of carbonyl (C=O) groups is 1. The van der Waals surface area contributed by atoms with Crippen LogP contribution in [0.3, 0.4) is 0 Å². The number of aryl methyl sites for hydroxylation is 2. The third kappa shape index (κ3) is 5.91. The van der Waals surface area contributed by atoms with E-state index >= 15 is 0 Å². The Bertz CT molecular complexity index is 1680. The quantitative estimate of drug-likeness (QED) is 0.305. The van der Waals surface area contributed by atoms with Crippen molar-refractivity contribution < 1.29 is 22.7 Å². The second-order valence-electron chi connectivity index (χ2n) is 10.2. The molecule has 1 aliphatic rings. The molecule has 1 amide bonds. The SMILES string of the molecule is COc1ccc(-c2cc3nc(C)c(CCC(=O)Nc4ccc(S(=O)(=O)N5CCCCC5)cc4)c(C)n3n2)c(OC)c1. The highest BCUT2D eigenvalue weighted by Gasteiger charge is 2.25. The summed E-state index contributed by atoms with van der Waals surface area (Å²) < 4.78 is 40.0. The molecule has 11 heteroatoms. The standard InChI is InChI=1S/C30H35N5O5S/c1-20-25(21(2)35-29(31-20)19-27(33-35)26-13-10-23(39-3)18-28(26)40-4)14-15-30(36)32-22-8-11-24(12-9-22)41(37,38)34-16-6-5-7-17-34/h8-13,18-19H,5-7,14-17H2,1-4H3,(H,32,36). The summed E-state index contributed by atoms with van der Waals surface area (Å²) in [5.41, 5.74) is 5.51. The number of hydrogen-bond donors (Lipinski definition) is 1. The number of hydrogen-bond acceptors (Lipinski definition) is 7. The van der Waals surface area contributed by atoms with Gasteiger partial charge in [-0.3, -0.25) is 4.79 Å². The molecule has 5 rings (SSSR count). The van der Waals surface area contributed by atoms with Crippen molar-refractivity contribution in [1.82, 2.24) is 18.9 Å². The Kier molecular flexibility index (Phi) is 8.27. The maximum Gasteiger partial charge on any atom is 0.243 e. The fraction of sp³-hybridized carbons (Fsp3) is 0.367. The number of piperidine rings is 1. The van der Waals surface area contributed by atoms with Crippen LogP contribution in [-0.4, -0.2) is 60.5 Å². The zero-order valence-corrected chi connectivity index (χ0v) is 24.6. The van der Waals surface area contributed by atoms with Crippen molar-refractivity contribution in [3.63, 3.8) is 0 Å². The van der Waals surface area contributed by atoms with Crippen molar-refractivity contribution in [2.45, 2.75) is 50.8 Å². The fourth-order valence-corrected chi connectivity index (χ4v) is 6.77. The summed E-state index contributed by atoms with van der Waals surface area (Å²) in [6.45, 7) is 5.01. The van der Waals surface area contributed by atoms with Crippen LogP contribution in [0.4, 0.5) is 5.69 Å². The molecule has 1 saturated heterocycles. The van der Waals surface area contributed by atoms with Crippen LogP contribution in [0, 0.1) is 13.8 Å². The van der Waals surface area contributed by atoms with Crippen molar-refractivity contribution in [2.75, 3.05) is 32.6 Å². The first kappa shape index (κ1) is 28.6. The third-order valence-electron chi connectivity index (χ3n) is 7.54. The Morgan fingerprint density at radius 1 is 0.976 bits per heavy atom. The van der Waals surface area contributed by atoms with E-state index < -0.39 is 10.0 Å². The number of nitrogens with one attached hydrogen (secondary N) is 1. The van der Waals surface area contributed by atoms with E-state index in [1.807, 2.05) is 38.1 Å². The highest BCUT2D eigenvalue weighted by atomic mass is 32.2. The molecule has 0 unspecified atom stereocenters. The lowest BCUT2D eigenvalue weighted by Crippen LogP contribution is -2.35. The number of benzene rings is 2. The smallest absolute Gasteiger partial charge is 0.243 e. The lowest BCUT2D eigenvalue weighted by molar-refractivity contribution is -0.116. The summed E-state index contributed by atoms with van der Waals surface area (Å²) in [6.07, 6.45) is 3.54. The lowest BCUT2D eigenvalue weighted by Gasteiger charge is -2.25. The van der Waals surface area contributed by atoms with Gasteiger partial charge in [0.25, 0.3) is 0 Å². The van der Waals surface area contributed by atoms with E-state index in [-0.39, 0.29) is 17.2 Å². The first-order valence-electron chi connectivity index (χ1n) is 13.7. The van der Waals surface area contributed by atoms with Crippen molar-refractivity contribution in [3.05, 3.63) is 65.5 Å². The largest absolute Gasteiger partial charge is 0.497 e. The highest BCUT2D eigenvalue weighted by Crippen LogP contribution is 2.33. The van der Waals surface area contributed by atoms with Gasteiger partial charge in [0.1, 0.15) is 11.5 Å². The average Bonchev–Trinajstić information content (AvgIpc) is 3.41. The molecular formula is C30H35N5O5S. The van der Waals surface area contributed by atoms with Crippen molar-refractivity contribution in [3.8, 4) is 22.8 Å². The predicted molar refractivity (Wildman–Crippen MR) is 157 cm³/mol. The summed E-state index contributed by atoms with van der Waals surface area (Å²) >= 11 is 0. The van der Waals surface area contributed by atoms with E-state index in [1.54, 1.807) is 43.0 Å². The topological polar surface area (TPSA) is 115 Å². The van der Waals surface area contributed by atoms with E-state index in [2.05, 4.69) is 5.32 Å². The molecule has 2 aromatic heterocycles. The number of sulfonamides is 1. The van der Waals surface area contributed by atoms with Crippen molar-refractivity contribution >= 4 is 27.3 Å². The molecule has 0 saturated carbocycles. The van der Waals surface area contributed by atoms with Crippen LogP contribution in [0.1, 0.15) is 42.6 Å².